The average Bonchev–Trinajstić information content (AvgIpc) is 2.58. The van der Waals surface area contributed by atoms with E-state index >= 15 is 0 Å². The van der Waals surface area contributed by atoms with Crippen LogP contribution in [-0.2, 0) is 4.74 Å². The van der Waals surface area contributed by atoms with Crippen molar-refractivity contribution in [2.75, 3.05) is 39.8 Å². The second kappa shape index (κ2) is 9.53. The van der Waals surface area contributed by atoms with Crippen LogP contribution in [0.15, 0.2) is 30.3 Å². The summed E-state index contributed by atoms with van der Waals surface area (Å²) in [6, 6.07) is 9.80. The van der Waals surface area contributed by atoms with Gasteiger partial charge >= 0.3 is 6.03 Å². The van der Waals surface area contributed by atoms with Crippen molar-refractivity contribution in [3.63, 3.8) is 0 Å². The smallest absolute Gasteiger partial charge is 0.314 e. The third kappa shape index (κ3) is 6.20. The highest BCUT2D eigenvalue weighted by molar-refractivity contribution is 5.73. The molecule has 1 aromatic rings. The molecule has 5 heteroatoms. The number of amides is 2. The molecule has 1 heterocycles. The van der Waals surface area contributed by atoms with Crippen molar-refractivity contribution in [1.29, 1.82) is 0 Å². The maximum absolute atomic E-state index is 11.9. The molecular formula is C18H29N3O2. The lowest BCUT2D eigenvalue weighted by atomic mass is 9.99. The molecule has 5 nitrogen and oxygen atoms in total. The van der Waals surface area contributed by atoms with Gasteiger partial charge in [-0.05, 0) is 37.4 Å². The summed E-state index contributed by atoms with van der Waals surface area (Å²) in [7, 11) is 1.66. The molecule has 23 heavy (non-hydrogen) atoms. The van der Waals surface area contributed by atoms with Crippen LogP contribution in [0.2, 0.25) is 0 Å². The second-order valence-corrected chi connectivity index (χ2v) is 6.30. The van der Waals surface area contributed by atoms with Crippen molar-refractivity contribution >= 4 is 6.03 Å². The first-order valence-corrected chi connectivity index (χ1v) is 8.51. The minimum absolute atomic E-state index is 0.120. The number of urea groups is 1. The van der Waals surface area contributed by atoms with Gasteiger partial charge in [0.05, 0.1) is 6.10 Å². The third-order valence-corrected chi connectivity index (χ3v) is 4.49. The fraction of sp³-hybridized carbons (Fsp3) is 0.611. The Morgan fingerprint density at radius 3 is 2.61 bits per heavy atom. The third-order valence-electron chi connectivity index (χ3n) is 4.49. The van der Waals surface area contributed by atoms with E-state index in [-0.39, 0.29) is 12.1 Å². The number of carbonyl (C=O) groups excluding carboxylic acids is 1. The SMILES string of the molecule is COC(CNC(=O)NCCN1CCC(C)CC1)c1ccccc1. The lowest BCUT2D eigenvalue weighted by Gasteiger charge is -2.30. The van der Waals surface area contributed by atoms with E-state index in [2.05, 4.69) is 22.5 Å². The number of benzene rings is 1. The van der Waals surface area contributed by atoms with Gasteiger partial charge in [-0.25, -0.2) is 4.79 Å². The highest BCUT2D eigenvalue weighted by atomic mass is 16.5. The molecule has 0 bridgehead atoms. The summed E-state index contributed by atoms with van der Waals surface area (Å²) in [5.74, 6) is 0.839. The Morgan fingerprint density at radius 2 is 1.96 bits per heavy atom. The molecule has 2 rings (SSSR count). The summed E-state index contributed by atoms with van der Waals surface area (Å²) < 4.78 is 5.45. The Balaban J connectivity index is 1.62. The first kappa shape index (κ1) is 17.8. The highest BCUT2D eigenvalue weighted by Gasteiger charge is 2.15. The first-order valence-electron chi connectivity index (χ1n) is 8.51. The van der Waals surface area contributed by atoms with Crippen molar-refractivity contribution in [3.05, 3.63) is 35.9 Å². The van der Waals surface area contributed by atoms with Gasteiger partial charge in [0, 0.05) is 26.7 Å². The van der Waals surface area contributed by atoms with Crippen molar-refractivity contribution in [2.24, 2.45) is 5.92 Å². The molecule has 0 spiro atoms. The molecule has 1 fully saturated rings. The molecule has 0 aromatic heterocycles. The van der Waals surface area contributed by atoms with Crippen LogP contribution in [0.25, 0.3) is 0 Å². The zero-order valence-electron chi connectivity index (χ0n) is 14.3. The second-order valence-electron chi connectivity index (χ2n) is 6.30. The van der Waals surface area contributed by atoms with E-state index in [4.69, 9.17) is 4.74 Å². The van der Waals surface area contributed by atoms with Crippen molar-refractivity contribution in [1.82, 2.24) is 15.5 Å². The topological polar surface area (TPSA) is 53.6 Å². The molecular weight excluding hydrogens is 290 g/mol. The molecule has 0 aliphatic carbocycles. The van der Waals surface area contributed by atoms with Crippen LogP contribution in [0.3, 0.4) is 0 Å². The van der Waals surface area contributed by atoms with Crippen LogP contribution in [0.5, 0.6) is 0 Å². The molecule has 0 saturated carbocycles. The molecule has 128 valence electrons. The largest absolute Gasteiger partial charge is 0.375 e. The van der Waals surface area contributed by atoms with E-state index in [1.807, 2.05) is 30.3 Å². The minimum atomic E-state index is -0.131. The molecule has 1 aliphatic rings. The van der Waals surface area contributed by atoms with Gasteiger partial charge in [0.15, 0.2) is 0 Å². The van der Waals surface area contributed by atoms with Crippen molar-refractivity contribution < 1.29 is 9.53 Å². The van der Waals surface area contributed by atoms with Gasteiger partial charge in [0.1, 0.15) is 0 Å². The standard InChI is InChI=1S/C18H29N3O2/c1-15-8-11-21(12-9-15)13-10-19-18(22)20-14-17(23-2)16-6-4-3-5-7-16/h3-7,15,17H,8-14H2,1-2H3,(H2,19,20,22). The van der Waals surface area contributed by atoms with E-state index in [1.165, 1.54) is 12.8 Å². The minimum Gasteiger partial charge on any atom is -0.375 e. The number of rotatable bonds is 7. The molecule has 1 aliphatic heterocycles. The monoisotopic (exact) mass is 319 g/mol. The normalized spacial score (nSPS) is 17.7. The van der Waals surface area contributed by atoms with Gasteiger partial charge in [-0.1, -0.05) is 37.3 Å². The summed E-state index contributed by atoms with van der Waals surface area (Å²) in [6.07, 6.45) is 2.41. The number of hydrogen-bond acceptors (Lipinski definition) is 3. The van der Waals surface area contributed by atoms with Gasteiger partial charge in [-0.3, -0.25) is 0 Å². The van der Waals surface area contributed by atoms with Crippen LogP contribution >= 0.6 is 0 Å². The van der Waals surface area contributed by atoms with Crippen LogP contribution in [0.4, 0.5) is 4.79 Å². The number of ether oxygens (including phenoxy) is 1. The predicted octanol–water partition coefficient (Wildman–Crippen LogP) is 2.41. The number of methoxy groups -OCH3 is 1. The highest BCUT2D eigenvalue weighted by Crippen LogP contribution is 2.15. The maximum Gasteiger partial charge on any atom is 0.314 e. The summed E-state index contributed by atoms with van der Waals surface area (Å²) in [5.41, 5.74) is 1.07. The summed E-state index contributed by atoms with van der Waals surface area (Å²) in [4.78, 5) is 14.3. The van der Waals surface area contributed by atoms with E-state index in [1.54, 1.807) is 7.11 Å². The Labute approximate surface area is 139 Å². The Bertz CT molecular complexity index is 459. The number of hydrogen-bond donors (Lipinski definition) is 2. The van der Waals surface area contributed by atoms with Gasteiger partial charge in [0.2, 0.25) is 0 Å². The number of piperidine rings is 1. The summed E-state index contributed by atoms with van der Waals surface area (Å²) in [5, 5.41) is 5.81. The van der Waals surface area contributed by atoms with E-state index in [0.717, 1.165) is 31.1 Å². The molecule has 1 atom stereocenters. The fourth-order valence-corrected chi connectivity index (χ4v) is 2.87. The number of carbonyl (C=O) groups is 1. The summed E-state index contributed by atoms with van der Waals surface area (Å²) in [6.45, 7) is 6.67. The number of nitrogens with zero attached hydrogens (tertiary/aromatic N) is 1. The van der Waals surface area contributed by atoms with Gasteiger partial charge in [-0.2, -0.15) is 0 Å². The van der Waals surface area contributed by atoms with Crippen LogP contribution in [0, 0.1) is 5.92 Å². The molecule has 1 saturated heterocycles. The Kier molecular flexibility index (Phi) is 7.36. The molecule has 1 aromatic carbocycles. The zero-order valence-corrected chi connectivity index (χ0v) is 14.3. The maximum atomic E-state index is 11.9. The molecule has 2 amide bonds. The van der Waals surface area contributed by atoms with Gasteiger partial charge in [-0.15, -0.1) is 0 Å². The fourth-order valence-electron chi connectivity index (χ4n) is 2.87. The molecule has 1 unspecified atom stereocenters. The zero-order chi connectivity index (χ0) is 16.5. The summed E-state index contributed by atoms with van der Waals surface area (Å²) >= 11 is 0. The number of nitrogens with one attached hydrogen (secondary N) is 2. The van der Waals surface area contributed by atoms with Gasteiger partial charge < -0.3 is 20.3 Å². The molecule has 2 N–H and O–H groups in total. The average molecular weight is 319 g/mol. The lowest BCUT2D eigenvalue weighted by Crippen LogP contribution is -2.43. The van der Waals surface area contributed by atoms with Crippen LogP contribution < -0.4 is 10.6 Å². The quantitative estimate of drug-likeness (QED) is 0.811. The van der Waals surface area contributed by atoms with Gasteiger partial charge in [0.25, 0.3) is 0 Å². The van der Waals surface area contributed by atoms with Crippen molar-refractivity contribution in [3.8, 4) is 0 Å². The Hall–Kier alpha value is -1.59. The van der Waals surface area contributed by atoms with E-state index in [9.17, 15) is 4.79 Å². The van der Waals surface area contributed by atoms with Crippen molar-refractivity contribution in [2.45, 2.75) is 25.9 Å². The van der Waals surface area contributed by atoms with E-state index in [0.29, 0.717) is 13.1 Å². The lowest BCUT2D eigenvalue weighted by molar-refractivity contribution is 0.104. The van der Waals surface area contributed by atoms with Crippen LogP contribution in [0.1, 0.15) is 31.4 Å². The number of likely N-dealkylation sites (tertiary alicyclic amines) is 1. The van der Waals surface area contributed by atoms with Crippen LogP contribution in [-0.4, -0.2) is 50.8 Å². The molecule has 0 radical (unpaired) electrons. The first-order chi connectivity index (χ1) is 11.2. The van der Waals surface area contributed by atoms with E-state index < -0.39 is 0 Å². The predicted molar refractivity (Wildman–Crippen MR) is 92.4 cm³/mol. The Morgan fingerprint density at radius 1 is 1.26 bits per heavy atom.